The molecule has 2 rings (SSSR count). The van der Waals surface area contributed by atoms with Gasteiger partial charge in [-0.25, -0.2) is 0 Å². The molecular weight excluding hydrogens is 242 g/mol. The average molecular weight is 259 g/mol. The Morgan fingerprint density at radius 3 is 2.74 bits per heavy atom. The first kappa shape index (κ1) is 13.3. The van der Waals surface area contributed by atoms with Crippen molar-refractivity contribution < 1.29 is 9.59 Å². The summed E-state index contributed by atoms with van der Waals surface area (Å²) in [4.78, 5) is 27.3. The predicted octanol–water partition coefficient (Wildman–Crippen LogP) is 1.59. The first-order valence-electron chi connectivity index (χ1n) is 6.17. The standard InChI is InChI=1S/C14H17N3O2/c1-14(2)8-10(7-11(18)9-14)16-17-13(19)12-5-3-4-6-15-12/h3-7,16H,8-9H2,1-2H3,(H,17,19). The quantitative estimate of drug-likeness (QED) is 0.809. The van der Waals surface area contributed by atoms with Crippen molar-refractivity contribution in [2.45, 2.75) is 26.7 Å². The number of allylic oxidation sites excluding steroid dienone is 2. The minimum absolute atomic E-state index is 0.0748. The van der Waals surface area contributed by atoms with Gasteiger partial charge in [-0.2, -0.15) is 0 Å². The lowest BCUT2D eigenvalue weighted by Crippen LogP contribution is -2.40. The number of ketones is 1. The molecule has 1 aromatic rings. The molecule has 0 aromatic carbocycles. The van der Waals surface area contributed by atoms with Crippen LogP contribution in [-0.2, 0) is 4.79 Å². The number of pyridine rings is 1. The van der Waals surface area contributed by atoms with Crippen molar-refractivity contribution in [1.29, 1.82) is 0 Å². The molecule has 0 spiro atoms. The molecular formula is C14H17N3O2. The lowest BCUT2D eigenvalue weighted by Gasteiger charge is -2.29. The zero-order chi connectivity index (χ0) is 13.9. The highest BCUT2D eigenvalue weighted by Crippen LogP contribution is 2.32. The van der Waals surface area contributed by atoms with Crippen LogP contribution in [0.25, 0.3) is 0 Å². The third kappa shape index (κ3) is 3.64. The van der Waals surface area contributed by atoms with Crippen molar-refractivity contribution in [1.82, 2.24) is 15.8 Å². The molecule has 19 heavy (non-hydrogen) atoms. The van der Waals surface area contributed by atoms with Gasteiger partial charge in [-0.15, -0.1) is 0 Å². The van der Waals surface area contributed by atoms with Crippen molar-refractivity contribution in [2.24, 2.45) is 5.41 Å². The van der Waals surface area contributed by atoms with E-state index in [1.807, 2.05) is 13.8 Å². The van der Waals surface area contributed by atoms with Crippen LogP contribution in [0.1, 0.15) is 37.2 Å². The highest BCUT2D eigenvalue weighted by molar-refractivity contribution is 5.93. The molecule has 5 nitrogen and oxygen atoms in total. The third-order valence-electron chi connectivity index (χ3n) is 2.89. The molecule has 1 aromatic heterocycles. The van der Waals surface area contributed by atoms with Crippen LogP contribution in [0.5, 0.6) is 0 Å². The Bertz CT molecular complexity index is 521. The summed E-state index contributed by atoms with van der Waals surface area (Å²) in [5, 5.41) is 0. The van der Waals surface area contributed by atoms with E-state index >= 15 is 0 Å². The number of rotatable bonds is 3. The van der Waals surface area contributed by atoms with E-state index in [1.165, 1.54) is 0 Å². The summed E-state index contributed by atoms with van der Waals surface area (Å²) in [5.41, 5.74) is 6.34. The molecule has 0 bridgehead atoms. The second-order valence-corrected chi connectivity index (χ2v) is 5.45. The van der Waals surface area contributed by atoms with Crippen molar-refractivity contribution >= 4 is 11.7 Å². The normalized spacial score (nSPS) is 17.6. The molecule has 0 unspecified atom stereocenters. The lowest BCUT2D eigenvalue weighted by atomic mass is 9.79. The maximum atomic E-state index is 11.8. The summed E-state index contributed by atoms with van der Waals surface area (Å²) >= 11 is 0. The first-order chi connectivity index (χ1) is 8.96. The molecule has 0 radical (unpaired) electrons. The second kappa shape index (κ2) is 5.22. The summed E-state index contributed by atoms with van der Waals surface area (Å²) in [5.74, 6) is -0.247. The SMILES string of the molecule is CC1(C)CC(=O)C=C(NNC(=O)c2ccccn2)C1. The van der Waals surface area contributed by atoms with E-state index in [0.717, 1.165) is 12.1 Å². The van der Waals surface area contributed by atoms with Crippen LogP contribution in [-0.4, -0.2) is 16.7 Å². The topological polar surface area (TPSA) is 71.1 Å². The van der Waals surface area contributed by atoms with Crippen LogP contribution in [0, 0.1) is 5.41 Å². The maximum Gasteiger partial charge on any atom is 0.288 e. The van der Waals surface area contributed by atoms with E-state index in [2.05, 4.69) is 15.8 Å². The molecule has 0 aliphatic heterocycles. The maximum absolute atomic E-state index is 11.8. The number of hydrogen-bond donors (Lipinski definition) is 2. The van der Waals surface area contributed by atoms with E-state index in [-0.39, 0.29) is 17.1 Å². The highest BCUT2D eigenvalue weighted by atomic mass is 16.2. The van der Waals surface area contributed by atoms with E-state index < -0.39 is 0 Å². The highest BCUT2D eigenvalue weighted by Gasteiger charge is 2.27. The molecule has 1 aliphatic rings. The number of nitrogens with zero attached hydrogens (tertiary/aromatic N) is 1. The van der Waals surface area contributed by atoms with Gasteiger partial charge in [-0.1, -0.05) is 19.9 Å². The summed E-state index contributed by atoms with van der Waals surface area (Å²) in [7, 11) is 0. The van der Waals surface area contributed by atoms with E-state index in [1.54, 1.807) is 30.5 Å². The van der Waals surface area contributed by atoms with Crippen molar-refractivity contribution in [3.05, 3.63) is 41.9 Å². The van der Waals surface area contributed by atoms with Gasteiger partial charge in [0.1, 0.15) is 5.69 Å². The third-order valence-corrected chi connectivity index (χ3v) is 2.89. The fourth-order valence-electron chi connectivity index (χ4n) is 2.12. The molecule has 0 fully saturated rings. The van der Waals surface area contributed by atoms with Crippen LogP contribution in [0.2, 0.25) is 0 Å². The molecule has 2 N–H and O–H groups in total. The van der Waals surface area contributed by atoms with Gasteiger partial charge in [0.2, 0.25) is 0 Å². The number of aromatic nitrogens is 1. The summed E-state index contributed by atoms with van der Waals surface area (Å²) < 4.78 is 0. The Hall–Kier alpha value is -2.17. The Balaban J connectivity index is 1.96. The second-order valence-electron chi connectivity index (χ2n) is 5.45. The van der Waals surface area contributed by atoms with E-state index in [9.17, 15) is 9.59 Å². The zero-order valence-electron chi connectivity index (χ0n) is 11.1. The molecule has 1 amide bonds. The minimum Gasteiger partial charge on any atom is -0.302 e. The van der Waals surface area contributed by atoms with Gasteiger partial charge in [0.15, 0.2) is 5.78 Å². The van der Waals surface area contributed by atoms with Crippen molar-refractivity contribution in [2.75, 3.05) is 0 Å². The molecule has 1 heterocycles. The van der Waals surface area contributed by atoms with Gasteiger partial charge >= 0.3 is 0 Å². The molecule has 100 valence electrons. The van der Waals surface area contributed by atoms with Gasteiger partial charge in [0, 0.05) is 24.4 Å². The molecule has 0 saturated heterocycles. The van der Waals surface area contributed by atoms with Crippen LogP contribution in [0.4, 0.5) is 0 Å². The Kier molecular flexibility index (Phi) is 3.64. The van der Waals surface area contributed by atoms with Crippen LogP contribution in [0.15, 0.2) is 36.2 Å². The largest absolute Gasteiger partial charge is 0.302 e. The van der Waals surface area contributed by atoms with Crippen LogP contribution >= 0.6 is 0 Å². The molecule has 0 saturated carbocycles. The monoisotopic (exact) mass is 259 g/mol. The smallest absolute Gasteiger partial charge is 0.288 e. The Morgan fingerprint density at radius 2 is 2.11 bits per heavy atom. The number of amides is 1. The van der Waals surface area contributed by atoms with Gasteiger partial charge in [-0.05, 0) is 24.0 Å². The Morgan fingerprint density at radius 1 is 1.32 bits per heavy atom. The van der Waals surface area contributed by atoms with E-state index in [0.29, 0.717) is 12.1 Å². The van der Waals surface area contributed by atoms with Gasteiger partial charge in [0.05, 0.1) is 0 Å². The predicted molar refractivity (Wildman–Crippen MR) is 70.9 cm³/mol. The number of carbonyl (C=O) groups excluding carboxylic acids is 2. The van der Waals surface area contributed by atoms with Crippen molar-refractivity contribution in [3.8, 4) is 0 Å². The lowest BCUT2D eigenvalue weighted by molar-refractivity contribution is -0.117. The molecule has 5 heteroatoms. The minimum atomic E-state index is -0.322. The number of nitrogens with one attached hydrogen (secondary N) is 2. The van der Waals surface area contributed by atoms with Crippen LogP contribution < -0.4 is 10.9 Å². The fraction of sp³-hybridized carbons (Fsp3) is 0.357. The summed E-state index contributed by atoms with van der Waals surface area (Å²) in [6.07, 6.45) is 4.36. The van der Waals surface area contributed by atoms with Gasteiger partial charge in [0.25, 0.3) is 5.91 Å². The number of hydrazine groups is 1. The van der Waals surface area contributed by atoms with Gasteiger partial charge in [-0.3, -0.25) is 20.0 Å². The average Bonchev–Trinajstić information content (AvgIpc) is 2.34. The van der Waals surface area contributed by atoms with Gasteiger partial charge < -0.3 is 5.43 Å². The molecule has 1 aliphatic carbocycles. The summed E-state index contributed by atoms with van der Waals surface area (Å²) in [6, 6.07) is 5.12. The van der Waals surface area contributed by atoms with Crippen molar-refractivity contribution in [3.63, 3.8) is 0 Å². The summed E-state index contributed by atoms with van der Waals surface area (Å²) in [6.45, 7) is 4.06. The zero-order valence-corrected chi connectivity index (χ0v) is 11.1. The first-order valence-corrected chi connectivity index (χ1v) is 6.17. The van der Waals surface area contributed by atoms with Crippen LogP contribution in [0.3, 0.4) is 0 Å². The Labute approximate surface area is 112 Å². The number of hydrogen-bond acceptors (Lipinski definition) is 4. The van der Waals surface area contributed by atoms with E-state index in [4.69, 9.17) is 0 Å². The molecule has 0 atom stereocenters. The fourth-order valence-corrected chi connectivity index (χ4v) is 2.12. The number of carbonyl (C=O) groups is 2.